The van der Waals surface area contributed by atoms with Crippen LogP contribution in [0.2, 0.25) is 5.02 Å². The molecule has 1 saturated heterocycles. The molecule has 10 heteroatoms. The van der Waals surface area contributed by atoms with Gasteiger partial charge in [-0.1, -0.05) is 18.0 Å². The van der Waals surface area contributed by atoms with Gasteiger partial charge in [-0.05, 0) is 32.6 Å². The molecule has 2 fully saturated rings. The topological polar surface area (TPSA) is 80.1 Å². The number of hydrogen-bond donors (Lipinski definition) is 2. The third-order valence-corrected chi connectivity index (χ3v) is 6.67. The summed E-state index contributed by atoms with van der Waals surface area (Å²) in [7, 11) is 0. The Balaban J connectivity index is 1.42. The minimum atomic E-state index is -0.958. The summed E-state index contributed by atoms with van der Waals surface area (Å²) in [6.45, 7) is 4.46. The second kappa shape index (κ2) is 8.19. The number of ether oxygens (including phenoxy) is 1. The molecule has 0 spiro atoms. The lowest BCUT2D eigenvalue weighted by Gasteiger charge is -2.43. The van der Waals surface area contributed by atoms with Crippen molar-refractivity contribution in [1.29, 1.82) is 0 Å². The molecular formula is C20H27ClFN7O. The van der Waals surface area contributed by atoms with Gasteiger partial charge < -0.3 is 15.4 Å². The van der Waals surface area contributed by atoms with Crippen molar-refractivity contribution < 1.29 is 9.13 Å². The molecule has 2 bridgehead atoms. The molecule has 30 heavy (non-hydrogen) atoms. The van der Waals surface area contributed by atoms with E-state index in [-0.39, 0.29) is 6.04 Å². The number of fused-ring (bicyclic) bond motifs is 3. The van der Waals surface area contributed by atoms with E-state index in [1.165, 1.54) is 19.3 Å². The van der Waals surface area contributed by atoms with E-state index in [4.69, 9.17) is 16.3 Å². The van der Waals surface area contributed by atoms with Gasteiger partial charge >= 0.3 is 0 Å². The van der Waals surface area contributed by atoms with Crippen LogP contribution in [-0.2, 0) is 0 Å². The molecule has 3 aliphatic rings. The maximum Gasteiger partial charge on any atom is 0.257 e. The van der Waals surface area contributed by atoms with Crippen LogP contribution in [0.1, 0.15) is 43.8 Å². The Hall–Kier alpha value is -2.13. The lowest BCUT2D eigenvalue weighted by atomic mass is 9.89. The Morgan fingerprint density at radius 1 is 1.27 bits per heavy atom. The molecule has 2 aromatic heterocycles. The van der Waals surface area contributed by atoms with E-state index in [0.717, 1.165) is 25.1 Å². The number of anilines is 3. The van der Waals surface area contributed by atoms with Crippen molar-refractivity contribution in [2.24, 2.45) is 0 Å². The zero-order valence-corrected chi connectivity index (χ0v) is 17.8. The lowest BCUT2D eigenvalue weighted by Crippen LogP contribution is -2.50. The Bertz CT molecular complexity index is 919. The smallest absolute Gasteiger partial charge is 0.257 e. The minimum Gasteiger partial charge on any atom is -0.475 e. The first-order chi connectivity index (χ1) is 14.6. The third-order valence-electron chi connectivity index (χ3n) is 6.39. The Morgan fingerprint density at radius 2 is 2.13 bits per heavy atom. The van der Waals surface area contributed by atoms with Gasteiger partial charge in [-0.3, -0.25) is 9.58 Å². The summed E-state index contributed by atoms with van der Waals surface area (Å²) >= 11 is 6.18. The average Bonchev–Trinajstić information content (AvgIpc) is 2.96. The first-order valence-corrected chi connectivity index (χ1v) is 11.1. The highest BCUT2D eigenvalue weighted by Crippen LogP contribution is 2.37. The minimum absolute atomic E-state index is 0.296. The van der Waals surface area contributed by atoms with E-state index in [2.05, 4.69) is 30.6 Å². The summed E-state index contributed by atoms with van der Waals surface area (Å²) in [5.41, 5.74) is 1.50. The third kappa shape index (κ3) is 3.69. The molecule has 1 saturated carbocycles. The molecule has 1 aliphatic carbocycles. The number of nitrogens with zero attached hydrogens (tertiary/aromatic N) is 5. The molecule has 5 rings (SSSR count). The van der Waals surface area contributed by atoms with Crippen molar-refractivity contribution in [2.75, 3.05) is 36.9 Å². The molecule has 8 nitrogen and oxygen atoms in total. The summed E-state index contributed by atoms with van der Waals surface area (Å²) in [6.07, 6.45) is 5.76. The summed E-state index contributed by atoms with van der Waals surface area (Å²) in [4.78, 5) is 11.0. The van der Waals surface area contributed by atoms with Gasteiger partial charge in [-0.2, -0.15) is 4.98 Å². The SMILES string of the molecule is Cc1c2c(nn1C1CCN(C3CCC3)CC1F)OCCCNc1nc(ncc1Cl)N2. The molecular weight excluding hydrogens is 409 g/mol. The highest BCUT2D eigenvalue weighted by atomic mass is 35.5. The van der Waals surface area contributed by atoms with Crippen molar-refractivity contribution >= 4 is 29.1 Å². The van der Waals surface area contributed by atoms with Gasteiger partial charge in [-0.15, -0.1) is 5.10 Å². The largest absolute Gasteiger partial charge is 0.475 e. The van der Waals surface area contributed by atoms with Gasteiger partial charge in [-0.25, -0.2) is 9.37 Å². The standard InChI is InChI=1S/C20H27ClFN7O/c1-12-17-19(30-9-3-7-23-18-14(21)10-24-20(25-17)26-18)27-29(12)16-6-8-28(11-15(16)22)13-4-2-5-13/h10,13,15-16H,2-9,11H2,1H3,(H2,23,24,25,26). The van der Waals surface area contributed by atoms with E-state index in [9.17, 15) is 0 Å². The van der Waals surface area contributed by atoms with E-state index in [1.54, 1.807) is 10.9 Å². The summed E-state index contributed by atoms with van der Waals surface area (Å²) < 4.78 is 22.9. The number of halogens is 2. The number of piperidine rings is 1. The van der Waals surface area contributed by atoms with Crippen LogP contribution in [0.25, 0.3) is 0 Å². The van der Waals surface area contributed by atoms with E-state index in [1.807, 2.05) is 6.92 Å². The molecule has 4 heterocycles. The van der Waals surface area contributed by atoms with Gasteiger partial charge in [0.2, 0.25) is 5.95 Å². The van der Waals surface area contributed by atoms with Crippen molar-refractivity contribution in [3.05, 3.63) is 16.9 Å². The predicted molar refractivity (Wildman–Crippen MR) is 114 cm³/mol. The fraction of sp³-hybridized carbons (Fsp3) is 0.650. The van der Waals surface area contributed by atoms with Crippen LogP contribution in [0.5, 0.6) is 5.88 Å². The molecule has 2 atom stereocenters. The molecule has 2 N–H and O–H groups in total. The van der Waals surface area contributed by atoms with Gasteiger partial charge in [0.05, 0.1) is 24.5 Å². The Kier molecular flexibility index (Phi) is 5.41. The summed E-state index contributed by atoms with van der Waals surface area (Å²) in [5, 5.41) is 11.5. The number of nitrogens with one attached hydrogen (secondary N) is 2. The molecule has 162 valence electrons. The molecule has 2 unspecified atom stereocenters. The van der Waals surface area contributed by atoms with Crippen LogP contribution >= 0.6 is 11.6 Å². The maximum atomic E-state index is 15.2. The highest BCUT2D eigenvalue weighted by Gasteiger charge is 2.37. The van der Waals surface area contributed by atoms with Crippen molar-refractivity contribution in [2.45, 2.75) is 57.3 Å². The maximum absolute atomic E-state index is 15.2. The fourth-order valence-electron chi connectivity index (χ4n) is 4.45. The molecule has 2 aromatic rings. The summed E-state index contributed by atoms with van der Waals surface area (Å²) in [5.74, 6) is 1.44. The van der Waals surface area contributed by atoms with Crippen LogP contribution < -0.4 is 15.4 Å². The van der Waals surface area contributed by atoms with Gasteiger partial charge in [0.15, 0.2) is 5.82 Å². The Labute approximate surface area is 180 Å². The van der Waals surface area contributed by atoms with Crippen LogP contribution in [0.15, 0.2) is 6.20 Å². The second-order valence-corrected chi connectivity index (χ2v) is 8.71. The molecule has 0 radical (unpaired) electrons. The average molecular weight is 436 g/mol. The zero-order chi connectivity index (χ0) is 20.7. The Morgan fingerprint density at radius 3 is 2.90 bits per heavy atom. The van der Waals surface area contributed by atoms with Crippen molar-refractivity contribution in [3.63, 3.8) is 0 Å². The quantitative estimate of drug-likeness (QED) is 0.744. The predicted octanol–water partition coefficient (Wildman–Crippen LogP) is 3.71. The molecule has 2 aliphatic heterocycles. The van der Waals surface area contributed by atoms with Gasteiger partial charge in [0.25, 0.3) is 5.88 Å². The molecule has 0 aromatic carbocycles. The van der Waals surface area contributed by atoms with Crippen LogP contribution in [0, 0.1) is 6.92 Å². The molecule has 0 amide bonds. The van der Waals surface area contributed by atoms with E-state index < -0.39 is 6.17 Å². The number of alkyl halides is 1. The van der Waals surface area contributed by atoms with Crippen molar-refractivity contribution in [3.8, 4) is 5.88 Å². The number of aromatic nitrogens is 4. The van der Waals surface area contributed by atoms with Crippen LogP contribution in [-0.4, -0.2) is 63.1 Å². The van der Waals surface area contributed by atoms with Gasteiger partial charge in [0, 0.05) is 25.7 Å². The zero-order valence-electron chi connectivity index (χ0n) is 17.1. The van der Waals surface area contributed by atoms with Crippen LogP contribution in [0.4, 0.5) is 21.8 Å². The fourth-order valence-corrected chi connectivity index (χ4v) is 4.60. The number of rotatable bonds is 2. The van der Waals surface area contributed by atoms with Gasteiger partial charge in [0.1, 0.15) is 16.9 Å². The van der Waals surface area contributed by atoms with Crippen LogP contribution in [0.3, 0.4) is 0 Å². The second-order valence-electron chi connectivity index (χ2n) is 8.31. The van der Waals surface area contributed by atoms with Crippen molar-refractivity contribution in [1.82, 2.24) is 24.6 Å². The van der Waals surface area contributed by atoms with E-state index in [0.29, 0.717) is 54.1 Å². The number of hydrogen-bond acceptors (Lipinski definition) is 7. The first-order valence-electron chi connectivity index (χ1n) is 10.7. The summed E-state index contributed by atoms with van der Waals surface area (Å²) in [6, 6.07) is 0.268. The number of likely N-dealkylation sites (tertiary alicyclic amines) is 1. The highest BCUT2D eigenvalue weighted by molar-refractivity contribution is 6.32. The lowest BCUT2D eigenvalue weighted by molar-refractivity contribution is 0.0292. The monoisotopic (exact) mass is 435 g/mol. The first kappa shape index (κ1) is 19.8. The van der Waals surface area contributed by atoms with E-state index >= 15 is 4.39 Å². The normalized spacial score (nSPS) is 25.2.